The third-order valence-corrected chi connectivity index (χ3v) is 2.48. The predicted molar refractivity (Wildman–Crippen MR) is 60.4 cm³/mol. The molecule has 2 rings (SSSR count). The number of nitrogens with one attached hydrogen (secondary N) is 1. The van der Waals surface area contributed by atoms with Crippen LogP contribution in [0.1, 0.15) is 17.9 Å². The van der Waals surface area contributed by atoms with Crippen LogP contribution >= 0.6 is 0 Å². The number of imidazole rings is 1. The predicted octanol–water partition coefficient (Wildman–Crippen LogP) is 2.71. The first-order valence-electron chi connectivity index (χ1n) is 5.42. The van der Waals surface area contributed by atoms with E-state index < -0.39 is 6.55 Å². The van der Waals surface area contributed by atoms with Crippen molar-refractivity contribution in [3.63, 3.8) is 0 Å². The molecule has 0 aliphatic rings. The van der Waals surface area contributed by atoms with Gasteiger partial charge in [0.25, 0.3) is 0 Å². The van der Waals surface area contributed by atoms with Gasteiger partial charge in [0.05, 0.1) is 6.54 Å². The molecule has 0 saturated carbocycles. The number of hydrogen-bond donors (Lipinski definition) is 1. The molecule has 18 heavy (non-hydrogen) atoms. The minimum Gasteiger partial charge on any atom is -0.306 e. The van der Waals surface area contributed by atoms with Gasteiger partial charge in [-0.15, -0.1) is 0 Å². The fourth-order valence-corrected chi connectivity index (χ4v) is 1.58. The molecule has 0 saturated heterocycles. The molecule has 0 amide bonds. The van der Waals surface area contributed by atoms with E-state index in [2.05, 4.69) is 10.3 Å². The SMILES string of the molecule is Fc1ccc(CNCc2nccn2C(F)F)cc1. The molecule has 1 heterocycles. The molecule has 96 valence electrons. The van der Waals surface area contributed by atoms with E-state index in [0.29, 0.717) is 6.54 Å². The lowest BCUT2D eigenvalue weighted by molar-refractivity contribution is 0.0666. The van der Waals surface area contributed by atoms with Gasteiger partial charge < -0.3 is 5.32 Å². The van der Waals surface area contributed by atoms with Gasteiger partial charge in [-0.05, 0) is 17.7 Å². The van der Waals surface area contributed by atoms with Crippen LogP contribution in [0.15, 0.2) is 36.7 Å². The van der Waals surface area contributed by atoms with E-state index in [-0.39, 0.29) is 18.2 Å². The molecule has 2 aromatic rings. The fraction of sp³-hybridized carbons (Fsp3) is 0.250. The fourth-order valence-electron chi connectivity index (χ4n) is 1.58. The smallest absolute Gasteiger partial charge is 0.306 e. The molecule has 0 spiro atoms. The van der Waals surface area contributed by atoms with Crippen LogP contribution in [0.4, 0.5) is 13.2 Å². The summed E-state index contributed by atoms with van der Waals surface area (Å²) < 4.78 is 38.5. The molecule has 0 aliphatic heterocycles. The topological polar surface area (TPSA) is 29.9 Å². The van der Waals surface area contributed by atoms with Crippen LogP contribution in [0.3, 0.4) is 0 Å². The zero-order valence-corrected chi connectivity index (χ0v) is 9.48. The summed E-state index contributed by atoms with van der Waals surface area (Å²) in [5.74, 6) is -0.0286. The van der Waals surface area contributed by atoms with Crippen LogP contribution < -0.4 is 5.32 Å². The van der Waals surface area contributed by atoms with Crippen molar-refractivity contribution in [2.45, 2.75) is 19.6 Å². The molecule has 0 atom stereocenters. The second-order valence-corrected chi connectivity index (χ2v) is 3.76. The van der Waals surface area contributed by atoms with Gasteiger partial charge in [-0.3, -0.25) is 4.57 Å². The Balaban J connectivity index is 1.88. The molecule has 0 unspecified atom stereocenters. The highest BCUT2D eigenvalue weighted by Crippen LogP contribution is 2.12. The lowest BCUT2D eigenvalue weighted by Gasteiger charge is -2.07. The molecule has 3 nitrogen and oxygen atoms in total. The van der Waals surface area contributed by atoms with Crippen molar-refractivity contribution in [2.24, 2.45) is 0 Å². The molecule has 6 heteroatoms. The Hall–Kier alpha value is -1.82. The number of halogens is 3. The van der Waals surface area contributed by atoms with E-state index in [1.165, 1.54) is 24.5 Å². The molecular weight excluding hydrogens is 243 g/mol. The Labute approximate surface area is 102 Å². The standard InChI is InChI=1S/C12H12F3N3/c13-10-3-1-9(2-4-10)7-16-8-11-17-5-6-18(11)12(14)15/h1-6,12,16H,7-8H2. The van der Waals surface area contributed by atoms with E-state index in [0.717, 1.165) is 10.1 Å². The third-order valence-electron chi connectivity index (χ3n) is 2.48. The summed E-state index contributed by atoms with van der Waals surface area (Å²) >= 11 is 0. The highest BCUT2D eigenvalue weighted by atomic mass is 19.3. The number of nitrogens with zero attached hydrogens (tertiary/aromatic N) is 2. The summed E-state index contributed by atoms with van der Waals surface area (Å²) in [6.45, 7) is -1.89. The quantitative estimate of drug-likeness (QED) is 0.890. The summed E-state index contributed by atoms with van der Waals surface area (Å²) in [6, 6.07) is 6.00. The van der Waals surface area contributed by atoms with Gasteiger partial charge in [0.2, 0.25) is 0 Å². The minimum atomic E-state index is -2.59. The van der Waals surface area contributed by atoms with E-state index in [9.17, 15) is 13.2 Å². The Morgan fingerprint density at radius 1 is 1.17 bits per heavy atom. The number of aromatic nitrogens is 2. The van der Waals surface area contributed by atoms with Gasteiger partial charge in [0, 0.05) is 18.9 Å². The first-order chi connectivity index (χ1) is 8.66. The minimum absolute atomic E-state index is 0.231. The van der Waals surface area contributed by atoms with E-state index in [4.69, 9.17) is 0 Å². The second kappa shape index (κ2) is 5.68. The Morgan fingerprint density at radius 3 is 2.56 bits per heavy atom. The summed E-state index contributed by atoms with van der Waals surface area (Å²) in [6.07, 6.45) is 2.57. The maximum atomic E-state index is 12.7. The lowest BCUT2D eigenvalue weighted by Crippen LogP contribution is -2.17. The summed E-state index contributed by atoms with van der Waals surface area (Å²) in [5.41, 5.74) is 0.881. The Kier molecular flexibility index (Phi) is 3.99. The molecule has 0 bridgehead atoms. The summed E-state index contributed by atoms with van der Waals surface area (Å²) in [5, 5.41) is 2.98. The average molecular weight is 255 g/mol. The maximum absolute atomic E-state index is 12.7. The Morgan fingerprint density at radius 2 is 1.89 bits per heavy atom. The first kappa shape index (κ1) is 12.6. The van der Waals surface area contributed by atoms with Crippen molar-refractivity contribution < 1.29 is 13.2 Å². The zero-order valence-electron chi connectivity index (χ0n) is 9.48. The van der Waals surface area contributed by atoms with Crippen LogP contribution in [0.5, 0.6) is 0 Å². The van der Waals surface area contributed by atoms with Crippen molar-refractivity contribution in [3.05, 3.63) is 53.9 Å². The third kappa shape index (κ3) is 3.10. The first-order valence-corrected chi connectivity index (χ1v) is 5.42. The monoisotopic (exact) mass is 255 g/mol. The van der Waals surface area contributed by atoms with Gasteiger partial charge in [0.15, 0.2) is 0 Å². The number of benzene rings is 1. The Bertz CT molecular complexity index is 494. The van der Waals surface area contributed by atoms with E-state index in [1.807, 2.05) is 0 Å². The maximum Gasteiger partial charge on any atom is 0.319 e. The summed E-state index contributed by atoms with van der Waals surface area (Å²) in [7, 11) is 0. The molecule has 0 fully saturated rings. The average Bonchev–Trinajstić information content (AvgIpc) is 2.80. The van der Waals surface area contributed by atoms with Gasteiger partial charge >= 0.3 is 6.55 Å². The molecule has 1 aromatic heterocycles. The molecule has 0 aliphatic carbocycles. The zero-order chi connectivity index (χ0) is 13.0. The number of hydrogen-bond acceptors (Lipinski definition) is 2. The van der Waals surface area contributed by atoms with Crippen LogP contribution in [0.2, 0.25) is 0 Å². The van der Waals surface area contributed by atoms with Gasteiger partial charge in [-0.2, -0.15) is 8.78 Å². The van der Waals surface area contributed by atoms with E-state index in [1.54, 1.807) is 12.1 Å². The van der Waals surface area contributed by atoms with Crippen molar-refractivity contribution >= 4 is 0 Å². The summed E-state index contributed by atoms with van der Waals surface area (Å²) in [4.78, 5) is 3.84. The largest absolute Gasteiger partial charge is 0.319 e. The van der Waals surface area contributed by atoms with Crippen molar-refractivity contribution in [3.8, 4) is 0 Å². The molecular formula is C12H12F3N3. The second-order valence-electron chi connectivity index (χ2n) is 3.76. The molecule has 0 radical (unpaired) electrons. The highest BCUT2D eigenvalue weighted by molar-refractivity contribution is 5.15. The van der Waals surface area contributed by atoms with Crippen LogP contribution in [-0.2, 0) is 13.1 Å². The number of rotatable bonds is 5. The van der Waals surface area contributed by atoms with Crippen LogP contribution in [0, 0.1) is 5.82 Å². The normalized spacial score (nSPS) is 11.1. The molecule has 1 N–H and O–H groups in total. The number of alkyl halides is 2. The van der Waals surface area contributed by atoms with Crippen molar-refractivity contribution in [2.75, 3.05) is 0 Å². The molecule has 1 aromatic carbocycles. The van der Waals surface area contributed by atoms with Crippen molar-refractivity contribution in [1.29, 1.82) is 0 Å². The van der Waals surface area contributed by atoms with Crippen LogP contribution in [-0.4, -0.2) is 9.55 Å². The van der Waals surface area contributed by atoms with Crippen LogP contribution in [0.25, 0.3) is 0 Å². The lowest BCUT2D eigenvalue weighted by atomic mass is 10.2. The van der Waals surface area contributed by atoms with E-state index >= 15 is 0 Å². The van der Waals surface area contributed by atoms with Crippen molar-refractivity contribution in [1.82, 2.24) is 14.9 Å². The van der Waals surface area contributed by atoms with Gasteiger partial charge in [-0.1, -0.05) is 12.1 Å². The highest BCUT2D eigenvalue weighted by Gasteiger charge is 2.10. The van der Waals surface area contributed by atoms with Gasteiger partial charge in [-0.25, -0.2) is 9.37 Å². The van der Waals surface area contributed by atoms with Gasteiger partial charge in [0.1, 0.15) is 11.6 Å².